The molecule has 0 saturated carbocycles. The average molecular weight is 259 g/mol. The molecule has 0 saturated heterocycles. The Bertz CT molecular complexity index is 530. The molecule has 1 aromatic carbocycles. The second-order valence-corrected chi connectivity index (χ2v) is 4.36. The summed E-state index contributed by atoms with van der Waals surface area (Å²) in [5, 5.41) is 10.8. The van der Waals surface area contributed by atoms with Crippen LogP contribution in [0.3, 0.4) is 0 Å². The fourth-order valence-corrected chi connectivity index (χ4v) is 2.29. The van der Waals surface area contributed by atoms with Gasteiger partial charge in [0.05, 0.1) is 17.4 Å². The third kappa shape index (κ3) is 2.32. The van der Waals surface area contributed by atoms with Crippen molar-refractivity contribution in [1.82, 2.24) is 4.98 Å². The van der Waals surface area contributed by atoms with Crippen LogP contribution in [0, 0.1) is 17.5 Å². The number of aromatic nitrogens is 1. The van der Waals surface area contributed by atoms with E-state index in [9.17, 15) is 18.3 Å². The van der Waals surface area contributed by atoms with Crippen LogP contribution in [-0.2, 0) is 0 Å². The predicted octanol–water partition coefficient (Wildman–Crippen LogP) is 3.28. The lowest BCUT2D eigenvalue weighted by Crippen LogP contribution is -1.94. The molecule has 90 valence electrons. The zero-order valence-corrected chi connectivity index (χ0v) is 9.56. The van der Waals surface area contributed by atoms with E-state index in [0.29, 0.717) is 17.8 Å². The van der Waals surface area contributed by atoms with Crippen LogP contribution in [-0.4, -0.2) is 10.1 Å². The summed E-state index contributed by atoms with van der Waals surface area (Å²) in [5.41, 5.74) is -0.0450. The molecule has 0 aliphatic heterocycles. The van der Waals surface area contributed by atoms with Crippen molar-refractivity contribution in [3.63, 3.8) is 0 Å². The number of nitrogens with zero attached hydrogens (tertiary/aromatic N) is 1. The van der Waals surface area contributed by atoms with Crippen LogP contribution >= 0.6 is 11.3 Å². The first-order valence-electron chi connectivity index (χ1n) is 4.77. The molecule has 2 nitrogen and oxygen atoms in total. The number of hydrogen-bond acceptors (Lipinski definition) is 3. The lowest BCUT2D eigenvalue weighted by atomic mass is 10.2. The molecule has 1 unspecified atom stereocenters. The van der Waals surface area contributed by atoms with Gasteiger partial charge in [0.15, 0.2) is 0 Å². The van der Waals surface area contributed by atoms with Crippen LogP contribution in [0.1, 0.15) is 18.7 Å². The first-order chi connectivity index (χ1) is 7.99. The second-order valence-electron chi connectivity index (χ2n) is 3.50. The van der Waals surface area contributed by atoms with Gasteiger partial charge in [-0.2, -0.15) is 0 Å². The number of thiazole rings is 1. The van der Waals surface area contributed by atoms with Crippen molar-refractivity contribution in [2.75, 3.05) is 0 Å². The van der Waals surface area contributed by atoms with Crippen molar-refractivity contribution in [2.45, 2.75) is 13.0 Å². The van der Waals surface area contributed by atoms with Gasteiger partial charge in [-0.3, -0.25) is 0 Å². The standard InChI is InChI=1S/C11H8F3NOS/c1-5(16)9-4-17-11(15-9)10-7(13)2-6(12)3-8(10)14/h2-5,16H,1H3. The molecule has 0 fully saturated rings. The van der Waals surface area contributed by atoms with Gasteiger partial charge in [0, 0.05) is 17.5 Å². The summed E-state index contributed by atoms with van der Waals surface area (Å²) in [6, 6.07) is 1.20. The maximum absolute atomic E-state index is 13.4. The molecule has 0 aliphatic rings. The highest BCUT2D eigenvalue weighted by Gasteiger charge is 2.17. The monoisotopic (exact) mass is 259 g/mol. The van der Waals surface area contributed by atoms with Crippen LogP contribution in [0.15, 0.2) is 17.5 Å². The highest BCUT2D eigenvalue weighted by Crippen LogP contribution is 2.30. The van der Waals surface area contributed by atoms with Crippen molar-refractivity contribution in [2.24, 2.45) is 0 Å². The molecular formula is C11H8F3NOS. The molecule has 2 aromatic rings. The molecule has 0 aliphatic carbocycles. The molecule has 0 amide bonds. The first-order valence-corrected chi connectivity index (χ1v) is 5.65. The van der Waals surface area contributed by atoms with Crippen LogP contribution in [0.4, 0.5) is 13.2 Å². The maximum Gasteiger partial charge on any atom is 0.139 e. The molecule has 1 aromatic heterocycles. The van der Waals surface area contributed by atoms with Gasteiger partial charge in [0.25, 0.3) is 0 Å². The summed E-state index contributed by atoms with van der Waals surface area (Å²) in [6.07, 6.45) is -0.813. The fraction of sp³-hybridized carbons (Fsp3) is 0.182. The van der Waals surface area contributed by atoms with Gasteiger partial charge in [-0.15, -0.1) is 11.3 Å². The number of aliphatic hydroxyl groups is 1. The molecule has 1 atom stereocenters. The Morgan fingerprint density at radius 2 is 1.82 bits per heavy atom. The molecule has 0 bridgehead atoms. The number of rotatable bonds is 2. The summed E-state index contributed by atoms with van der Waals surface area (Å²) < 4.78 is 39.6. The highest BCUT2D eigenvalue weighted by atomic mass is 32.1. The van der Waals surface area contributed by atoms with Crippen molar-refractivity contribution in [3.8, 4) is 10.6 Å². The van der Waals surface area contributed by atoms with E-state index in [0.717, 1.165) is 11.3 Å². The minimum Gasteiger partial charge on any atom is -0.387 e. The minimum atomic E-state index is -1.01. The SMILES string of the molecule is CC(O)c1csc(-c2c(F)cc(F)cc2F)n1. The minimum absolute atomic E-state index is 0.0795. The van der Waals surface area contributed by atoms with Crippen LogP contribution in [0.2, 0.25) is 0 Å². The first kappa shape index (κ1) is 12.1. The number of hydrogen-bond donors (Lipinski definition) is 1. The summed E-state index contributed by atoms with van der Waals surface area (Å²) in [7, 11) is 0. The quantitative estimate of drug-likeness (QED) is 0.897. The van der Waals surface area contributed by atoms with Crippen molar-refractivity contribution in [3.05, 3.63) is 40.7 Å². The molecule has 2 rings (SSSR count). The van der Waals surface area contributed by atoms with E-state index in [1.54, 1.807) is 0 Å². The zero-order chi connectivity index (χ0) is 12.6. The third-order valence-electron chi connectivity index (χ3n) is 2.17. The Kier molecular flexibility index (Phi) is 3.17. The average Bonchev–Trinajstić information content (AvgIpc) is 2.65. The van der Waals surface area contributed by atoms with Gasteiger partial charge in [-0.1, -0.05) is 0 Å². The Morgan fingerprint density at radius 1 is 1.24 bits per heavy atom. The topological polar surface area (TPSA) is 33.1 Å². The summed E-state index contributed by atoms with van der Waals surface area (Å²) in [6.45, 7) is 1.50. The fourth-order valence-electron chi connectivity index (χ4n) is 1.34. The van der Waals surface area contributed by atoms with E-state index in [4.69, 9.17) is 0 Å². The molecule has 0 spiro atoms. The van der Waals surface area contributed by atoms with E-state index in [-0.39, 0.29) is 10.6 Å². The summed E-state index contributed by atoms with van der Waals surface area (Å²) in [4.78, 5) is 3.90. The smallest absolute Gasteiger partial charge is 0.139 e. The van der Waals surface area contributed by atoms with E-state index >= 15 is 0 Å². The van der Waals surface area contributed by atoms with Gasteiger partial charge in [0.1, 0.15) is 22.5 Å². The van der Waals surface area contributed by atoms with E-state index in [1.165, 1.54) is 12.3 Å². The van der Waals surface area contributed by atoms with Crippen LogP contribution < -0.4 is 0 Å². The van der Waals surface area contributed by atoms with Gasteiger partial charge < -0.3 is 5.11 Å². The number of halogens is 3. The van der Waals surface area contributed by atoms with Crippen LogP contribution in [0.5, 0.6) is 0 Å². The second kappa shape index (κ2) is 4.46. The zero-order valence-electron chi connectivity index (χ0n) is 8.75. The Hall–Kier alpha value is -1.40. The molecule has 0 radical (unpaired) electrons. The molecule has 17 heavy (non-hydrogen) atoms. The maximum atomic E-state index is 13.4. The van der Waals surface area contributed by atoms with Crippen molar-refractivity contribution < 1.29 is 18.3 Å². The lowest BCUT2D eigenvalue weighted by molar-refractivity contribution is 0.195. The summed E-state index contributed by atoms with van der Waals surface area (Å²) >= 11 is 0.992. The van der Waals surface area contributed by atoms with Gasteiger partial charge >= 0.3 is 0 Å². The van der Waals surface area contributed by atoms with Crippen LogP contribution in [0.25, 0.3) is 10.6 Å². The number of aliphatic hydroxyl groups excluding tert-OH is 1. The van der Waals surface area contributed by atoms with Gasteiger partial charge in [-0.05, 0) is 6.92 Å². The molecule has 1 N–H and O–H groups in total. The summed E-state index contributed by atoms with van der Waals surface area (Å²) in [5.74, 6) is -2.99. The normalized spacial score (nSPS) is 12.8. The Labute approximate surface area is 99.4 Å². The van der Waals surface area contributed by atoms with Crippen molar-refractivity contribution >= 4 is 11.3 Å². The van der Waals surface area contributed by atoms with Gasteiger partial charge in [-0.25, -0.2) is 18.2 Å². The van der Waals surface area contributed by atoms with E-state index in [1.807, 2.05) is 0 Å². The molecular weight excluding hydrogens is 251 g/mol. The highest BCUT2D eigenvalue weighted by molar-refractivity contribution is 7.13. The van der Waals surface area contributed by atoms with Gasteiger partial charge in [0.2, 0.25) is 0 Å². The Morgan fingerprint density at radius 3 is 2.29 bits per heavy atom. The number of benzene rings is 1. The van der Waals surface area contributed by atoms with E-state index < -0.39 is 23.6 Å². The third-order valence-corrected chi connectivity index (χ3v) is 3.05. The van der Waals surface area contributed by atoms with Crippen molar-refractivity contribution in [1.29, 1.82) is 0 Å². The van der Waals surface area contributed by atoms with E-state index in [2.05, 4.69) is 4.98 Å². The lowest BCUT2D eigenvalue weighted by Gasteiger charge is -2.02. The molecule has 6 heteroatoms. The molecule has 1 heterocycles. The Balaban J connectivity index is 2.52. The predicted molar refractivity (Wildman–Crippen MR) is 58.1 cm³/mol. The largest absolute Gasteiger partial charge is 0.387 e.